The number of fused-ring (bicyclic) bond motifs is 1. The van der Waals surface area contributed by atoms with Gasteiger partial charge in [-0.2, -0.15) is 0 Å². The fourth-order valence-corrected chi connectivity index (χ4v) is 3.78. The third-order valence-corrected chi connectivity index (χ3v) is 5.47. The molecular weight excluding hydrogens is 404 g/mol. The Morgan fingerprint density at radius 1 is 1.07 bits per heavy atom. The molecule has 2 heterocycles. The average molecular weight is 425 g/mol. The zero-order valence-corrected chi connectivity index (χ0v) is 17.1. The summed E-state index contributed by atoms with van der Waals surface area (Å²) in [5, 5.41) is 3.23. The summed E-state index contributed by atoms with van der Waals surface area (Å²) in [5.74, 6) is -1.08. The molecule has 2 aromatic rings. The molecule has 7 nitrogen and oxygen atoms in total. The minimum atomic E-state index is -0.577. The van der Waals surface area contributed by atoms with E-state index in [-0.39, 0.29) is 0 Å². The highest BCUT2D eigenvalue weighted by Gasteiger charge is 2.37. The summed E-state index contributed by atoms with van der Waals surface area (Å²) >= 11 is 5.83. The van der Waals surface area contributed by atoms with Gasteiger partial charge >= 0.3 is 11.9 Å². The van der Waals surface area contributed by atoms with Gasteiger partial charge in [0.05, 0.1) is 17.9 Å². The van der Waals surface area contributed by atoms with Gasteiger partial charge in [0.25, 0.3) is 5.78 Å². The highest BCUT2D eigenvalue weighted by molar-refractivity contribution is 6.52. The van der Waals surface area contributed by atoms with E-state index >= 15 is 0 Å². The quantitative estimate of drug-likeness (QED) is 0.594. The Labute approximate surface area is 179 Å². The molecule has 1 saturated heterocycles. The largest absolute Gasteiger partial charge is 0.345 e. The van der Waals surface area contributed by atoms with Crippen LogP contribution in [0.1, 0.15) is 35.2 Å². The van der Waals surface area contributed by atoms with Gasteiger partial charge in [0.1, 0.15) is 0 Å². The molecule has 154 valence electrons. The summed E-state index contributed by atoms with van der Waals surface area (Å²) in [6.07, 6.45) is 4.83. The van der Waals surface area contributed by atoms with E-state index in [4.69, 9.17) is 11.6 Å². The van der Waals surface area contributed by atoms with E-state index in [1.807, 2.05) is 0 Å². The van der Waals surface area contributed by atoms with Gasteiger partial charge in [-0.3, -0.25) is 19.4 Å². The zero-order valence-electron chi connectivity index (χ0n) is 16.3. The molecule has 0 bridgehead atoms. The lowest BCUT2D eigenvalue weighted by Crippen LogP contribution is -2.43. The van der Waals surface area contributed by atoms with E-state index in [1.165, 1.54) is 23.6 Å². The summed E-state index contributed by atoms with van der Waals surface area (Å²) in [6, 6.07) is 11.2. The van der Waals surface area contributed by atoms with Crippen LogP contribution in [0.2, 0.25) is 5.02 Å². The van der Waals surface area contributed by atoms with Crippen LogP contribution in [0.3, 0.4) is 0 Å². The number of nitrogens with one attached hydrogen (secondary N) is 1. The highest BCUT2D eigenvalue weighted by atomic mass is 35.5. The van der Waals surface area contributed by atoms with Gasteiger partial charge < -0.3 is 5.32 Å². The van der Waals surface area contributed by atoms with Crippen LogP contribution in [-0.4, -0.2) is 48.6 Å². The monoisotopic (exact) mass is 424 g/mol. The van der Waals surface area contributed by atoms with Crippen molar-refractivity contribution in [3.63, 3.8) is 0 Å². The number of carbonyl (C=O) groups is 3. The summed E-state index contributed by atoms with van der Waals surface area (Å²) in [4.78, 5) is 44.6. The Morgan fingerprint density at radius 2 is 1.80 bits per heavy atom. The van der Waals surface area contributed by atoms with E-state index in [0.717, 1.165) is 31.5 Å². The van der Waals surface area contributed by atoms with Gasteiger partial charge in [-0.1, -0.05) is 30.2 Å². The van der Waals surface area contributed by atoms with Crippen molar-refractivity contribution in [1.82, 2.24) is 4.90 Å². The SMILES string of the molecule is O=C(N=Cc1ccc(Cl)cc1)Nc1ccc2c(c1)C(=O)C(=O)N2CN1CCCCC1. The minimum absolute atomic E-state index is 0.302. The van der Waals surface area contributed by atoms with Gasteiger partial charge in [-0.25, -0.2) is 9.79 Å². The van der Waals surface area contributed by atoms with Crippen molar-refractivity contribution in [3.05, 3.63) is 58.6 Å². The summed E-state index contributed by atoms with van der Waals surface area (Å²) < 4.78 is 0. The normalized spacial score (nSPS) is 16.9. The Morgan fingerprint density at radius 3 is 2.53 bits per heavy atom. The zero-order chi connectivity index (χ0) is 21.1. The van der Waals surface area contributed by atoms with E-state index in [2.05, 4.69) is 15.2 Å². The van der Waals surface area contributed by atoms with Crippen molar-refractivity contribution >= 4 is 46.9 Å². The van der Waals surface area contributed by atoms with Crippen LogP contribution in [-0.2, 0) is 4.79 Å². The van der Waals surface area contributed by atoms with Crippen molar-refractivity contribution in [2.24, 2.45) is 4.99 Å². The molecule has 0 aromatic heterocycles. The minimum Gasteiger partial charge on any atom is -0.306 e. The number of hydrogen-bond donors (Lipinski definition) is 1. The number of aliphatic imine (C=N–C) groups is 1. The number of likely N-dealkylation sites (tertiary alicyclic amines) is 1. The van der Waals surface area contributed by atoms with Crippen molar-refractivity contribution in [2.45, 2.75) is 19.3 Å². The molecule has 4 rings (SSSR count). The van der Waals surface area contributed by atoms with E-state index < -0.39 is 17.7 Å². The fraction of sp³-hybridized carbons (Fsp3) is 0.273. The number of anilines is 2. The molecule has 0 spiro atoms. The number of rotatable bonds is 4. The van der Waals surface area contributed by atoms with E-state index in [1.54, 1.807) is 36.4 Å². The number of amides is 3. The van der Waals surface area contributed by atoms with E-state index in [9.17, 15) is 14.4 Å². The number of Topliss-reactive ketones (excluding diaryl/α,β-unsaturated/α-hetero) is 1. The number of nitrogens with zero attached hydrogens (tertiary/aromatic N) is 3. The summed E-state index contributed by atoms with van der Waals surface area (Å²) in [5.41, 5.74) is 2.03. The molecule has 0 unspecified atom stereocenters. The number of carbonyl (C=O) groups excluding carboxylic acids is 3. The smallest absolute Gasteiger partial charge is 0.306 e. The maximum absolute atomic E-state index is 12.5. The summed E-state index contributed by atoms with van der Waals surface area (Å²) in [7, 11) is 0. The molecule has 3 amide bonds. The predicted octanol–water partition coefficient (Wildman–Crippen LogP) is 3.96. The molecule has 8 heteroatoms. The molecule has 2 aliphatic heterocycles. The Bertz CT molecular complexity index is 1010. The lowest BCUT2D eigenvalue weighted by Gasteiger charge is -2.30. The maximum Gasteiger partial charge on any atom is 0.345 e. The van der Waals surface area contributed by atoms with Crippen LogP contribution in [0, 0.1) is 0 Å². The first-order valence-electron chi connectivity index (χ1n) is 9.84. The predicted molar refractivity (Wildman–Crippen MR) is 117 cm³/mol. The number of ketones is 1. The third kappa shape index (κ3) is 4.42. The van der Waals surface area contributed by atoms with Crippen molar-refractivity contribution in [1.29, 1.82) is 0 Å². The molecule has 0 atom stereocenters. The Balaban J connectivity index is 1.45. The molecule has 1 N–H and O–H groups in total. The molecule has 0 saturated carbocycles. The van der Waals surface area contributed by atoms with Crippen molar-refractivity contribution in [3.8, 4) is 0 Å². The first kappa shape index (κ1) is 20.3. The molecule has 0 aliphatic carbocycles. The van der Waals surface area contributed by atoms with Gasteiger partial charge in [0.15, 0.2) is 0 Å². The Hall–Kier alpha value is -3.03. The first-order valence-corrected chi connectivity index (χ1v) is 10.2. The van der Waals surface area contributed by atoms with Crippen LogP contribution >= 0.6 is 11.6 Å². The van der Waals surface area contributed by atoms with E-state index in [0.29, 0.717) is 28.6 Å². The van der Waals surface area contributed by atoms with Gasteiger partial charge in [-0.15, -0.1) is 0 Å². The lowest BCUT2D eigenvalue weighted by atomic mass is 10.1. The number of urea groups is 1. The van der Waals surface area contributed by atoms with Crippen LogP contribution in [0.5, 0.6) is 0 Å². The second-order valence-electron chi connectivity index (χ2n) is 7.35. The number of benzene rings is 2. The highest BCUT2D eigenvalue weighted by Crippen LogP contribution is 2.32. The van der Waals surface area contributed by atoms with Crippen molar-refractivity contribution in [2.75, 3.05) is 30.0 Å². The molecule has 30 heavy (non-hydrogen) atoms. The molecule has 1 fully saturated rings. The topological polar surface area (TPSA) is 82.1 Å². The maximum atomic E-state index is 12.5. The second kappa shape index (κ2) is 8.77. The molecular formula is C22H21ClN4O3. The van der Waals surface area contributed by atoms with Gasteiger partial charge in [0, 0.05) is 16.9 Å². The first-order chi connectivity index (χ1) is 14.5. The van der Waals surface area contributed by atoms with Crippen molar-refractivity contribution < 1.29 is 14.4 Å². The van der Waals surface area contributed by atoms with Crippen LogP contribution < -0.4 is 10.2 Å². The third-order valence-electron chi connectivity index (χ3n) is 5.21. The standard InChI is InChI=1S/C22H21ClN4O3/c23-16-6-4-15(5-7-16)13-24-22(30)25-17-8-9-19-18(12-17)20(28)21(29)27(19)14-26-10-2-1-3-11-26/h4-9,12-13H,1-3,10-11,14H2,(H,25,30). The lowest BCUT2D eigenvalue weighted by molar-refractivity contribution is -0.114. The average Bonchev–Trinajstić information content (AvgIpc) is 2.99. The molecule has 0 radical (unpaired) electrons. The molecule has 2 aromatic carbocycles. The second-order valence-corrected chi connectivity index (χ2v) is 7.79. The van der Waals surface area contributed by atoms with Gasteiger partial charge in [0.2, 0.25) is 0 Å². The number of halogens is 1. The number of hydrogen-bond acceptors (Lipinski definition) is 4. The molecule has 2 aliphatic rings. The van der Waals surface area contributed by atoms with Crippen LogP contribution in [0.15, 0.2) is 47.5 Å². The fourth-order valence-electron chi connectivity index (χ4n) is 3.66. The summed E-state index contributed by atoms with van der Waals surface area (Å²) in [6.45, 7) is 2.26. The van der Waals surface area contributed by atoms with Crippen LogP contribution in [0.25, 0.3) is 0 Å². The Kier molecular flexibility index (Phi) is 5.92. The van der Waals surface area contributed by atoms with Crippen LogP contribution in [0.4, 0.5) is 16.2 Å². The van der Waals surface area contributed by atoms with Gasteiger partial charge in [-0.05, 0) is 61.8 Å². The number of piperidine rings is 1.